The van der Waals surface area contributed by atoms with Crippen molar-refractivity contribution < 1.29 is 23.5 Å². The van der Waals surface area contributed by atoms with Gasteiger partial charge in [0.05, 0.1) is 6.61 Å². The van der Waals surface area contributed by atoms with Gasteiger partial charge in [-0.15, -0.1) is 0 Å². The highest BCUT2D eigenvalue weighted by Gasteiger charge is 2.19. The van der Waals surface area contributed by atoms with Crippen molar-refractivity contribution >= 4 is 23.5 Å². The molecular formula is C18H18ClFN2O4. The molecule has 0 atom stereocenters. The predicted octanol–water partition coefficient (Wildman–Crippen LogP) is 3.09. The Morgan fingerprint density at radius 2 is 2.04 bits per heavy atom. The highest BCUT2D eigenvalue weighted by atomic mass is 35.5. The van der Waals surface area contributed by atoms with E-state index in [-0.39, 0.29) is 28.6 Å². The molecule has 1 aromatic carbocycles. The molecule has 0 radical (unpaired) electrons. The van der Waals surface area contributed by atoms with Gasteiger partial charge in [0.2, 0.25) is 5.88 Å². The van der Waals surface area contributed by atoms with Gasteiger partial charge in [-0.2, -0.15) is 0 Å². The van der Waals surface area contributed by atoms with Crippen LogP contribution in [0.5, 0.6) is 5.88 Å². The standard InChI is InChI=1S/C18H18ClFN2O4/c1-3-25-17-12(6-5-9-21-17)18(24)26-11-16(23)22(2)10-13-14(19)7-4-8-15(13)20/h4-9H,3,10-11H2,1-2H3. The Labute approximate surface area is 155 Å². The van der Waals surface area contributed by atoms with Gasteiger partial charge in [-0.25, -0.2) is 14.2 Å². The van der Waals surface area contributed by atoms with Crippen LogP contribution in [-0.2, 0) is 16.1 Å². The number of esters is 1. The fraction of sp³-hybridized carbons (Fsp3) is 0.278. The molecule has 0 bridgehead atoms. The molecule has 0 saturated heterocycles. The van der Waals surface area contributed by atoms with Crippen LogP contribution >= 0.6 is 11.6 Å². The summed E-state index contributed by atoms with van der Waals surface area (Å²) in [6.07, 6.45) is 1.48. The number of hydrogen-bond acceptors (Lipinski definition) is 5. The third-order valence-corrected chi connectivity index (χ3v) is 3.84. The van der Waals surface area contributed by atoms with Gasteiger partial charge < -0.3 is 14.4 Å². The van der Waals surface area contributed by atoms with E-state index in [0.29, 0.717) is 6.61 Å². The first kappa shape index (κ1) is 19.7. The van der Waals surface area contributed by atoms with Crippen LogP contribution in [0.1, 0.15) is 22.8 Å². The van der Waals surface area contributed by atoms with Gasteiger partial charge in [-0.1, -0.05) is 17.7 Å². The first-order valence-corrected chi connectivity index (χ1v) is 8.23. The van der Waals surface area contributed by atoms with Crippen LogP contribution in [0.3, 0.4) is 0 Å². The van der Waals surface area contributed by atoms with Gasteiger partial charge in [0.15, 0.2) is 6.61 Å². The topological polar surface area (TPSA) is 68.7 Å². The Balaban J connectivity index is 1.97. The lowest BCUT2D eigenvalue weighted by molar-refractivity contribution is -0.133. The first-order chi connectivity index (χ1) is 12.4. The largest absolute Gasteiger partial charge is 0.477 e. The van der Waals surface area contributed by atoms with Crippen molar-refractivity contribution in [2.45, 2.75) is 13.5 Å². The maximum absolute atomic E-state index is 13.8. The molecule has 2 aromatic rings. The molecule has 0 saturated carbocycles. The van der Waals surface area contributed by atoms with E-state index in [1.807, 2.05) is 0 Å². The van der Waals surface area contributed by atoms with E-state index in [1.54, 1.807) is 13.0 Å². The maximum Gasteiger partial charge on any atom is 0.344 e. The zero-order valence-electron chi connectivity index (χ0n) is 14.4. The lowest BCUT2D eigenvalue weighted by Crippen LogP contribution is -2.31. The SMILES string of the molecule is CCOc1ncccc1C(=O)OCC(=O)N(C)Cc1c(F)cccc1Cl. The van der Waals surface area contributed by atoms with E-state index in [2.05, 4.69) is 4.98 Å². The summed E-state index contributed by atoms with van der Waals surface area (Å²) in [5.74, 6) is -1.60. The number of nitrogens with zero attached hydrogens (tertiary/aromatic N) is 2. The fourth-order valence-electron chi connectivity index (χ4n) is 2.12. The molecule has 138 valence electrons. The molecule has 26 heavy (non-hydrogen) atoms. The molecule has 0 fully saturated rings. The zero-order chi connectivity index (χ0) is 19.1. The molecular weight excluding hydrogens is 363 g/mol. The molecule has 0 aliphatic carbocycles. The number of rotatable bonds is 7. The Bertz CT molecular complexity index is 780. The van der Waals surface area contributed by atoms with Crippen LogP contribution < -0.4 is 4.74 Å². The number of carbonyl (C=O) groups is 2. The molecule has 6 nitrogen and oxygen atoms in total. The molecule has 1 heterocycles. The second-order valence-corrected chi connectivity index (χ2v) is 5.72. The van der Waals surface area contributed by atoms with E-state index < -0.39 is 24.3 Å². The summed E-state index contributed by atoms with van der Waals surface area (Å²) in [4.78, 5) is 29.5. The Kier molecular flexibility index (Phi) is 6.91. The van der Waals surface area contributed by atoms with Crippen LogP contribution in [0.15, 0.2) is 36.5 Å². The van der Waals surface area contributed by atoms with E-state index in [9.17, 15) is 14.0 Å². The maximum atomic E-state index is 13.8. The van der Waals surface area contributed by atoms with Crippen molar-refractivity contribution in [3.63, 3.8) is 0 Å². The van der Waals surface area contributed by atoms with E-state index in [0.717, 1.165) is 0 Å². The second-order valence-electron chi connectivity index (χ2n) is 5.32. The summed E-state index contributed by atoms with van der Waals surface area (Å²) >= 11 is 5.95. The Morgan fingerprint density at radius 3 is 2.73 bits per heavy atom. The summed E-state index contributed by atoms with van der Waals surface area (Å²) in [6, 6.07) is 7.34. The first-order valence-electron chi connectivity index (χ1n) is 7.85. The minimum Gasteiger partial charge on any atom is -0.477 e. The number of pyridine rings is 1. The third-order valence-electron chi connectivity index (χ3n) is 3.48. The lowest BCUT2D eigenvalue weighted by atomic mass is 10.2. The number of ether oxygens (including phenoxy) is 2. The highest BCUT2D eigenvalue weighted by molar-refractivity contribution is 6.31. The van der Waals surface area contributed by atoms with Crippen LogP contribution in [0.2, 0.25) is 5.02 Å². The number of amides is 1. The van der Waals surface area contributed by atoms with Crippen LogP contribution in [0, 0.1) is 5.82 Å². The van der Waals surface area contributed by atoms with Gasteiger partial charge in [-0.3, -0.25) is 4.79 Å². The number of hydrogen-bond donors (Lipinski definition) is 0. The van der Waals surface area contributed by atoms with E-state index in [4.69, 9.17) is 21.1 Å². The zero-order valence-corrected chi connectivity index (χ0v) is 15.1. The smallest absolute Gasteiger partial charge is 0.344 e. The normalized spacial score (nSPS) is 10.3. The minimum absolute atomic E-state index is 0.0427. The average Bonchev–Trinajstić information content (AvgIpc) is 2.63. The number of carbonyl (C=O) groups excluding carboxylic acids is 2. The van der Waals surface area contributed by atoms with Gasteiger partial charge in [0, 0.05) is 30.4 Å². The summed E-state index contributed by atoms with van der Waals surface area (Å²) in [6.45, 7) is 1.55. The lowest BCUT2D eigenvalue weighted by Gasteiger charge is -2.18. The summed E-state index contributed by atoms with van der Waals surface area (Å²) in [5, 5.41) is 0.221. The quantitative estimate of drug-likeness (QED) is 0.690. The molecule has 2 rings (SSSR count). The molecule has 1 amide bonds. The van der Waals surface area contributed by atoms with E-state index in [1.165, 1.54) is 42.4 Å². The van der Waals surface area contributed by atoms with Gasteiger partial charge in [0.1, 0.15) is 11.4 Å². The fourth-order valence-corrected chi connectivity index (χ4v) is 2.34. The van der Waals surface area contributed by atoms with Crippen LogP contribution in [0.4, 0.5) is 4.39 Å². The van der Waals surface area contributed by atoms with Gasteiger partial charge in [0.25, 0.3) is 5.91 Å². The monoisotopic (exact) mass is 380 g/mol. The van der Waals surface area contributed by atoms with Crippen LogP contribution in [0.25, 0.3) is 0 Å². The van der Waals surface area contributed by atoms with Crippen molar-refractivity contribution in [3.05, 3.63) is 58.5 Å². The minimum atomic E-state index is -0.729. The number of likely N-dealkylation sites (N-methyl/N-ethyl adjacent to an activating group) is 1. The van der Waals surface area contributed by atoms with Crippen molar-refractivity contribution in [1.29, 1.82) is 0 Å². The molecule has 0 N–H and O–H groups in total. The van der Waals surface area contributed by atoms with Crippen molar-refractivity contribution in [3.8, 4) is 5.88 Å². The summed E-state index contributed by atoms with van der Waals surface area (Å²) in [5.41, 5.74) is 0.323. The van der Waals surface area contributed by atoms with Crippen molar-refractivity contribution in [1.82, 2.24) is 9.88 Å². The van der Waals surface area contributed by atoms with Crippen LogP contribution in [-0.4, -0.2) is 42.0 Å². The molecule has 1 aromatic heterocycles. The summed E-state index contributed by atoms with van der Waals surface area (Å²) < 4.78 is 24.1. The average molecular weight is 381 g/mol. The van der Waals surface area contributed by atoms with E-state index >= 15 is 0 Å². The number of halogens is 2. The molecule has 8 heteroatoms. The second kappa shape index (κ2) is 9.15. The van der Waals surface area contributed by atoms with Crippen molar-refractivity contribution in [2.75, 3.05) is 20.3 Å². The number of benzene rings is 1. The third kappa shape index (κ3) is 4.92. The highest BCUT2D eigenvalue weighted by Crippen LogP contribution is 2.20. The Hall–Kier alpha value is -2.67. The molecule has 0 spiro atoms. The van der Waals surface area contributed by atoms with Gasteiger partial charge in [-0.05, 0) is 31.2 Å². The molecule has 0 aliphatic heterocycles. The molecule has 0 aliphatic rings. The molecule has 0 unspecified atom stereocenters. The van der Waals surface area contributed by atoms with Gasteiger partial charge >= 0.3 is 5.97 Å². The van der Waals surface area contributed by atoms with Crippen molar-refractivity contribution in [2.24, 2.45) is 0 Å². The number of aromatic nitrogens is 1. The predicted molar refractivity (Wildman–Crippen MR) is 93.6 cm³/mol. The summed E-state index contributed by atoms with van der Waals surface area (Å²) in [7, 11) is 1.47. The Morgan fingerprint density at radius 1 is 1.27 bits per heavy atom.